The van der Waals surface area contributed by atoms with E-state index in [1.165, 1.54) is 0 Å². The molecule has 0 aromatic rings. The van der Waals surface area contributed by atoms with Crippen molar-refractivity contribution in [3.63, 3.8) is 0 Å². The van der Waals surface area contributed by atoms with Gasteiger partial charge in [-0.25, -0.2) is 0 Å². The molecule has 0 radical (unpaired) electrons. The summed E-state index contributed by atoms with van der Waals surface area (Å²) in [5.74, 6) is 0. The van der Waals surface area contributed by atoms with E-state index in [-0.39, 0.29) is 17.6 Å². The Morgan fingerprint density at radius 3 is 1.79 bits per heavy atom. The van der Waals surface area contributed by atoms with Gasteiger partial charge in [0.15, 0.2) is 8.32 Å². The molecule has 86 valence electrons. The van der Waals surface area contributed by atoms with Crippen molar-refractivity contribution in [2.24, 2.45) is 5.41 Å². The van der Waals surface area contributed by atoms with Crippen LogP contribution < -0.4 is 0 Å². The van der Waals surface area contributed by atoms with Gasteiger partial charge in [-0.05, 0) is 45.3 Å². The summed E-state index contributed by atoms with van der Waals surface area (Å²) >= 11 is 0. The third-order valence-corrected chi connectivity index (χ3v) is 4.89. The molecule has 0 heterocycles. The maximum Gasteiger partial charge on any atom is 0.188 e. The van der Waals surface area contributed by atoms with Crippen molar-refractivity contribution in [2.45, 2.75) is 59.4 Å². The van der Waals surface area contributed by atoms with Crippen molar-refractivity contribution in [1.29, 1.82) is 0 Å². The number of rotatable bonds is 4. The van der Waals surface area contributed by atoms with E-state index in [0.717, 1.165) is 6.04 Å². The van der Waals surface area contributed by atoms with E-state index in [4.69, 9.17) is 4.43 Å². The Labute approximate surface area is 89.8 Å². The van der Waals surface area contributed by atoms with Crippen molar-refractivity contribution in [1.82, 2.24) is 0 Å². The molecule has 2 nitrogen and oxygen atoms in total. The number of aliphatic hydroxyl groups excluding tert-OH is 1. The van der Waals surface area contributed by atoms with Gasteiger partial charge in [-0.2, -0.15) is 0 Å². The standard InChI is InChI=1S/C11H26O2Si/c1-10(2,3)13-14(6,7)9-11(4,5)8-12/h12H,8-9H2,1-7H3. The second kappa shape index (κ2) is 4.33. The highest BCUT2D eigenvalue weighted by molar-refractivity contribution is 6.71. The van der Waals surface area contributed by atoms with Crippen LogP contribution in [-0.2, 0) is 4.43 Å². The quantitative estimate of drug-likeness (QED) is 0.735. The molecule has 0 aliphatic heterocycles. The van der Waals surface area contributed by atoms with Gasteiger partial charge in [-0.15, -0.1) is 0 Å². The third-order valence-electron chi connectivity index (χ3n) is 1.91. The summed E-state index contributed by atoms with van der Waals surface area (Å²) in [5, 5.41) is 9.22. The Morgan fingerprint density at radius 2 is 1.50 bits per heavy atom. The Hall–Kier alpha value is 0.137. The van der Waals surface area contributed by atoms with Gasteiger partial charge < -0.3 is 9.53 Å². The first-order chi connectivity index (χ1) is 5.97. The van der Waals surface area contributed by atoms with E-state index < -0.39 is 8.32 Å². The molecule has 0 amide bonds. The molecule has 0 aliphatic rings. The van der Waals surface area contributed by atoms with Crippen LogP contribution in [0.5, 0.6) is 0 Å². The molecular formula is C11H26O2Si. The summed E-state index contributed by atoms with van der Waals surface area (Å²) in [6, 6.07) is 0.994. The van der Waals surface area contributed by atoms with Crippen LogP contribution in [0.4, 0.5) is 0 Å². The van der Waals surface area contributed by atoms with Gasteiger partial charge in [0.1, 0.15) is 0 Å². The van der Waals surface area contributed by atoms with E-state index in [1.807, 2.05) is 0 Å². The van der Waals surface area contributed by atoms with Gasteiger partial charge in [0.2, 0.25) is 0 Å². The molecular weight excluding hydrogens is 192 g/mol. The molecule has 0 aliphatic carbocycles. The van der Waals surface area contributed by atoms with Crippen LogP contribution in [0.25, 0.3) is 0 Å². The van der Waals surface area contributed by atoms with Crippen molar-refractivity contribution in [2.75, 3.05) is 6.61 Å². The second-order valence-corrected chi connectivity index (χ2v) is 10.6. The first-order valence-electron chi connectivity index (χ1n) is 5.29. The van der Waals surface area contributed by atoms with E-state index in [0.29, 0.717) is 0 Å². The predicted molar refractivity (Wildman–Crippen MR) is 64.0 cm³/mol. The molecule has 1 N–H and O–H groups in total. The number of hydrogen-bond donors (Lipinski definition) is 1. The Morgan fingerprint density at radius 1 is 1.07 bits per heavy atom. The molecule has 0 aromatic carbocycles. The van der Waals surface area contributed by atoms with Gasteiger partial charge in [0.05, 0.1) is 0 Å². The minimum Gasteiger partial charge on any atom is -0.413 e. The summed E-state index contributed by atoms with van der Waals surface area (Å²) in [6.45, 7) is 15.1. The summed E-state index contributed by atoms with van der Waals surface area (Å²) in [4.78, 5) is 0. The maximum atomic E-state index is 9.22. The summed E-state index contributed by atoms with van der Waals surface area (Å²) in [7, 11) is -1.66. The van der Waals surface area contributed by atoms with Gasteiger partial charge in [-0.3, -0.25) is 0 Å². The van der Waals surface area contributed by atoms with Crippen LogP contribution in [0, 0.1) is 5.41 Å². The van der Waals surface area contributed by atoms with Crippen LogP contribution in [0.2, 0.25) is 19.1 Å². The minimum absolute atomic E-state index is 0.0129. The van der Waals surface area contributed by atoms with E-state index in [9.17, 15) is 5.11 Å². The van der Waals surface area contributed by atoms with E-state index in [2.05, 4.69) is 47.7 Å². The van der Waals surface area contributed by atoms with E-state index in [1.54, 1.807) is 0 Å². The highest BCUT2D eigenvalue weighted by atomic mass is 28.4. The first-order valence-corrected chi connectivity index (χ1v) is 8.40. The molecule has 3 heteroatoms. The lowest BCUT2D eigenvalue weighted by Gasteiger charge is -2.37. The van der Waals surface area contributed by atoms with Crippen LogP contribution >= 0.6 is 0 Å². The molecule has 0 saturated carbocycles. The number of hydrogen-bond acceptors (Lipinski definition) is 2. The van der Waals surface area contributed by atoms with E-state index >= 15 is 0 Å². The van der Waals surface area contributed by atoms with Crippen molar-refractivity contribution in [3.8, 4) is 0 Å². The lowest BCUT2D eigenvalue weighted by atomic mass is 9.98. The lowest BCUT2D eigenvalue weighted by molar-refractivity contribution is 0.108. The molecule has 14 heavy (non-hydrogen) atoms. The summed E-state index contributed by atoms with van der Waals surface area (Å²) < 4.78 is 6.09. The average molecular weight is 218 g/mol. The number of aliphatic hydroxyl groups is 1. The lowest BCUT2D eigenvalue weighted by Crippen LogP contribution is -2.43. The highest BCUT2D eigenvalue weighted by Gasteiger charge is 2.34. The zero-order valence-electron chi connectivity index (χ0n) is 10.8. The first kappa shape index (κ1) is 14.1. The Balaban J connectivity index is 4.35. The molecule has 0 unspecified atom stereocenters. The van der Waals surface area contributed by atoms with Crippen molar-refractivity contribution < 1.29 is 9.53 Å². The fourth-order valence-electron chi connectivity index (χ4n) is 2.07. The van der Waals surface area contributed by atoms with Gasteiger partial charge >= 0.3 is 0 Å². The normalized spacial score (nSPS) is 14.6. The van der Waals surface area contributed by atoms with Gasteiger partial charge in [0.25, 0.3) is 0 Å². The average Bonchev–Trinajstić information content (AvgIpc) is 1.78. The topological polar surface area (TPSA) is 29.5 Å². The zero-order valence-corrected chi connectivity index (χ0v) is 11.8. The maximum absolute atomic E-state index is 9.22. The zero-order chi connectivity index (χ0) is 11.6. The Bertz CT molecular complexity index is 180. The Kier molecular flexibility index (Phi) is 4.37. The van der Waals surface area contributed by atoms with Crippen molar-refractivity contribution >= 4 is 8.32 Å². The second-order valence-electron chi connectivity index (χ2n) is 6.47. The van der Waals surface area contributed by atoms with Gasteiger partial charge in [-0.1, -0.05) is 13.8 Å². The summed E-state index contributed by atoms with van der Waals surface area (Å²) in [5.41, 5.74) is -0.0811. The molecule has 0 bridgehead atoms. The van der Waals surface area contributed by atoms with Crippen molar-refractivity contribution in [3.05, 3.63) is 0 Å². The van der Waals surface area contributed by atoms with Crippen LogP contribution in [-0.4, -0.2) is 25.6 Å². The largest absolute Gasteiger partial charge is 0.413 e. The monoisotopic (exact) mass is 218 g/mol. The molecule has 0 saturated heterocycles. The fourth-order valence-corrected chi connectivity index (χ4v) is 6.22. The van der Waals surface area contributed by atoms with Gasteiger partial charge in [0, 0.05) is 12.2 Å². The van der Waals surface area contributed by atoms with Crippen LogP contribution in [0.1, 0.15) is 34.6 Å². The summed E-state index contributed by atoms with van der Waals surface area (Å²) in [6.07, 6.45) is 0. The molecule has 0 spiro atoms. The molecule has 0 atom stereocenters. The molecule has 0 aromatic heterocycles. The SMILES string of the molecule is CC(C)(CO)C[Si](C)(C)OC(C)(C)C. The minimum atomic E-state index is -1.66. The predicted octanol–water partition coefficient (Wildman–Crippen LogP) is 3.03. The smallest absolute Gasteiger partial charge is 0.188 e. The molecule has 0 fully saturated rings. The highest BCUT2D eigenvalue weighted by Crippen LogP contribution is 2.31. The van der Waals surface area contributed by atoms with Crippen LogP contribution in [0.3, 0.4) is 0 Å². The molecule has 0 rings (SSSR count). The van der Waals surface area contributed by atoms with Crippen LogP contribution in [0.15, 0.2) is 0 Å². The third kappa shape index (κ3) is 6.57. The fraction of sp³-hybridized carbons (Fsp3) is 1.00.